The third kappa shape index (κ3) is 5.06. The average molecular weight is 412 g/mol. The smallest absolute Gasteiger partial charge is 0.209 e. The van der Waals surface area contributed by atoms with Crippen LogP contribution in [0.5, 0.6) is 0 Å². The van der Waals surface area contributed by atoms with E-state index in [1.165, 1.54) is 12.2 Å². The Balaban J connectivity index is 0.00000155. The number of aryl methyl sites for hydroxylation is 2. The number of nitrogens with zero attached hydrogens (tertiary/aromatic N) is 7. The SMILES string of the molecule is C=C/C(=N\C(F)=C/CC)c1nccn1Cc1nnc2c(cnn2C)c1CCC.CC. The van der Waals surface area contributed by atoms with Crippen molar-refractivity contribution < 1.29 is 4.39 Å². The Kier molecular flexibility index (Phi) is 8.58. The largest absolute Gasteiger partial charge is 0.324 e. The maximum atomic E-state index is 13.9. The zero-order valence-electron chi connectivity index (χ0n) is 18.4. The van der Waals surface area contributed by atoms with Gasteiger partial charge < -0.3 is 4.57 Å². The molecule has 160 valence electrons. The Hall–Kier alpha value is -3.16. The summed E-state index contributed by atoms with van der Waals surface area (Å²) >= 11 is 0. The Morgan fingerprint density at radius 2 is 2.03 bits per heavy atom. The highest BCUT2D eigenvalue weighted by molar-refractivity contribution is 6.06. The van der Waals surface area contributed by atoms with Gasteiger partial charge in [-0.3, -0.25) is 0 Å². The molecular weight excluding hydrogens is 381 g/mol. The lowest BCUT2D eigenvalue weighted by atomic mass is 10.1. The first-order chi connectivity index (χ1) is 14.6. The van der Waals surface area contributed by atoms with E-state index in [0.717, 1.165) is 35.1 Å². The lowest BCUT2D eigenvalue weighted by molar-refractivity contribution is 0.622. The van der Waals surface area contributed by atoms with Crippen LogP contribution >= 0.6 is 0 Å². The normalized spacial score (nSPS) is 12.1. The monoisotopic (exact) mass is 411 g/mol. The van der Waals surface area contributed by atoms with Crippen molar-refractivity contribution in [1.29, 1.82) is 0 Å². The second-order valence-electron chi connectivity index (χ2n) is 6.40. The minimum atomic E-state index is -0.546. The molecule has 3 rings (SSSR count). The van der Waals surface area contributed by atoms with Gasteiger partial charge in [-0.2, -0.15) is 14.6 Å². The van der Waals surface area contributed by atoms with E-state index in [1.54, 1.807) is 10.9 Å². The molecular formula is C22H30FN7. The summed E-state index contributed by atoms with van der Waals surface area (Å²) in [6.07, 6.45) is 10.6. The highest BCUT2D eigenvalue weighted by Crippen LogP contribution is 2.21. The molecule has 0 fully saturated rings. The average Bonchev–Trinajstić information content (AvgIpc) is 3.36. The van der Waals surface area contributed by atoms with Crippen LogP contribution in [-0.2, 0) is 20.0 Å². The predicted octanol–water partition coefficient (Wildman–Crippen LogP) is 4.78. The minimum absolute atomic E-state index is 0.375. The minimum Gasteiger partial charge on any atom is -0.324 e. The Morgan fingerprint density at radius 1 is 1.27 bits per heavy atom. The van der Waals surface area contributed by atoms with Gasteiger partial charge in [0.25, 0.3) is 0 Å². The molecule has 8 heteroatoms. The van der Waals surface area contributed by atoms with Crippen LogP contribution < -0.4 is 0 Å². The van der Waals surface area contributed by atoms with Gasteiger partial charge >= 0.3 is 0 Å². The molecule has 30 heavy (non-hydrogen) atoms. The fourth-order valence-corrected chi connectivity index (χ4v) is 3.09. The molecule has 0 aliphatic heterocycles. The molecule has 3 aromatic heterocycles. The van der Waals surface area contributed by atoms with Crippen molar-refractivity contribution in [2.24, 2.45) is 12.0 Å². The van der Waals surface area contributed by atoms with Crippen LogP contribution in [0, 0.1) is 0 Å². The number of hydrogen-bond acceptors (Lipinski definition) is 5. The molecule has 3 heterocycles. The molecule has 0 N–H and O–H groups in total. The van der Waals surface area contributed by atoms with E-state index < -0.39 is 5.95 Å². The van der Waals surface area contributed by atoms with Gasteiger partial charge in [0.1, 0.15) is 5.71 Å². The number of hydrogen-bond donors (Lipinski definition) is 0. The van der Waals surface area contributed by atoms with Gasteiger partial charge in [0.2, 0.25) is 5.95 Å². The summed E-state index contributed by atoms with van der Waals surface area (Å²) in [6, 6.07) is 0. The van der Waals surface area contributed by atoms with Crippen molar-refractivity contribution in [3.63, 3.8) is 0 Å². The maximum absolute atomic E-state index is 13.9. The fourth-order valence-electron chi connectivity index (χ4n) is 3.09. The van der Waals surface area contributed by atoms with E-state index in [2.05, 4.69) is 38.8 Å². The summed E-state index contributed by atoms with van der Waals surface area (Å²) in [4.78, 5) is 8.34. The first-order valence-corrected chi connectivity index (χ1v) is 10.3. The third-order valence-corrected chi connectivity index (χ3v) is 4.40. The van der Waals surface area contributed by atoms with Crippen molar-refractivity contribution in [3.05, 3.63) is 60.4 Å². The second kappa shape index (κ2) is 11.1. The van der Waals surface area contributed by atoms with Gasteiger partial charge in [-0.25, -0.2) is 14.7 Å². The number of rotatable bonds is 8. The summed E-state index contributed by atoms with van der Waals surface area (Å²) in [6.45, 7) is 12.2. The molecule has 0 saturated carbocycles. The van der Waals surface area contributed by atoms with Crippen LogP contribution in [0.2, 0.25) is 0 Å². The molecule has 0 spiro atoms. The third-order valence-electron chi connectivity index (χ3n) is 4.40. The van der Waals surface area contributed by atoms with Crippen LogP contribution in [0.1, 0.15) is 57.6 Å². The predicted molar refractivity (Wildman–Crippen MR) is 119 cm³/mol. The molecule has 0 bridgehead atoms. The van der Waals surface area contributed by atoms with E-state index in [0.29, 0.717) is 24.5 Å². The second-order valence-corrected chi connectivity index (χ2v) is 6.40. The lowest BCUT2D eigenvalue weighted by Gasteiger charge is -2.11. The Bertz CT molecular complexity index is 1040. The highest BCUT2D eigenvalue weighted by atomic mass is 19.1. The maximum Gasteiger partial charge on any atom is 0.209 e. The zero-order valence-corrected chi connectivity index (χ0v) is 18.4. The van der Waals surface area contributed by atoms with Crippen molar-refractivity contribution in [3.8, 4) is 0 Å². The summed E-state index contributed by atoms with van der Waals surface area (Å²) < 4.78 is 17.5. The molecule has 0 radical (unpaired) electrons. The van der Waals surface area contributed by atoms with Crippen LogP contribution in [-0.4, -0.2) is 35.2 Å². The first-order valence-electron chi connectivity index (χ1n) is 10.3. The molecule has 0 atom stereocenters. The molecule has 7 nitrogen and oxygen atoms in total. The first kappa shape index (κ1) is 23.1. The van der Waals surface area contributed by atoms with Gasteiger partial charge in [0, 0.05) is 24.8 Å². The van der Waals surface area contributed by atoms with Gasteiger partial charge in [-0.1, -0.05) is 40.7 Å². The zero-order chi connectivity index (χ0) is 22.1. The van der Waals surface area contributed by atoms with Crippen LogP contribution in [0.15, 0.2) is 48.3 Å². The molecule has 0 unspecified atom stereocenters. The van der Waals surface area contributed by atoms with E-state index in [9.17, 15) is 4.39 Å². The summed E-state index contributed by atoms with van der Waals surface area (Å²) in [5.74, 6) is -0.0135. The molecule has 0 aromatic carbocycles. The van der Waals surface area contributed by atoms with Gasteiger partial charge in [0.15, 0.2) is 11.5 Å². The molecule has 3 aromatic rings. The fraction of sp³-hybridized carbons (Fsp3) is 0.409. The number of halogens is 1. The summed E-state index contributed by atoms with van der Waals surface area (Å²) in [7, 11) is 1.85. The Labute approximate surface area is 177 Å². The van der Waals surface area contributed by atoms with E-state index in [-0.39, 0.29) is 0 Å². The molecule has 0 aliphatic carbocycles. The van der Waals surface area contributed by atoms with Gasteiger partial charge in [-0.05, 0) is 30.6 Å². The van der Waals surface area contributed by atoms with Crippen LogP contribution in [0.25, 0.3) is 11.0 Å². The van der Waals surface area contributed by atoms with Crippen LogP contribution in [0.4, 0.5) is 4.39 Å². The highest BCUT2D eigenvalue weighted by Gasteiger charge is 2.16. The number of aliphatic imine (C=N–C) groups is 1. The lowest BCUT2D eigenvalue weighted by Crippen LogP contribution is -2.13. The molecule has 0 aliphatic rings. The van der Waals surface area contributed by atoms with E-state index >= 15 is 0 Å². The molecule has 0 amide bonds. The van der Waals surface area contributed by atoms with Gasteiger partial charge in [0.05, 0.1) is 18.4 Å². The van der Waals surface area contributed by atoms with Crippen LogP contribution in [0.3, 0.4) is 0 Å². The van der Waals surface area contributed by atoms with E-state index in [1.807, 2.05) is 44.8 Å². The number of fused-ring (bicyclic) bond motifs is 1. The molecule has 0 saturated heterocycles. The van der Waals surface area contributed by atoms with Gasteiger partial charge in [-0.15, -0.1) is 5.10 Å². The van der Waals surface area contributed by atoms with Crippen molar-refractivity contribution in [1.82, 2.24) is 29.5 Å². The standard InChI is InChI=1S/C20H24FN7.C2H6/c1-5-8-14-15-12-23-27(4)19(15)26-25-17(14)13-28-11-10-22-20(28)16(7-3)24-18(21)9-6-2;1-2/h7,9-12H,3,5-6,8,13H2,1-2,4H3;1-2H3/b18-9-,24-16+;. The number of imidazole rings is 1. The van der Waals surface area contributed by atoms with E-state index in [4.69, 9.17) is 0 Å². The summed E-state index contributed by atoms with van der Waals surface area (Å²) in [5.41, 5.74) is 3.10. The quantitative estimate of drug-likeness (QED) is 0.395. The van der Waals surface area contributed by atoms with Crippen molar-refractivity contribution in [2.45, 2.75) is 53.5 Å². The summed E-state index contributed by atoms with van der Waals surface area (Å²) in [5, 5.41) is 14.1. The topological polar surface area (TPSA) is 73.8 Å². The Morgan fingerprint density at radius 3 is 2.70 bits per heavy atom. The number of aromatic nitrogens is 6. The van der Waals surface area contributed by atoms with Crippen molar-refractivity contribution in [2.75, 3.05) is 0 Å². The number of allylic oxidation sites excluding steroid dienone is 2. The van der Waals surface area contributed by atoms with Crippen molar-refractivity contribution >= 4 is 16.7 Å².